The Morgan fingerprint density at radius 3 is 2.94 bits per heavy atom. The molecule has 94 valence electrons. The zero-order valence-electron chi connectivity index (χ0n) is 10.3. The number of nitrogens with zero attached hydrogens (tertiary/aromatic N) is 3. The quantitative estimate of drug-likeness (QED) is 0.782. The van der Waals surface area contributed by atoms with Gasteiger partial charge in [0.25, 0.3) is 0 Å². The van der Waals surface area contributed by atoms with Crippen molar-refractivity contribution in [1.82, 2.24) is 20.1 Å². The van der Waals surface area contributed by atoms with E-state index < -0.39 is 0 Å². The molecule has 6 heteroatoms. The van der Waals surface area contributed by atoms with Crippen molar-refractivity contribution in [3.63, 3.8) is 0 Å². The molecule has 0 aliphatic heterocycles. The summed E-state index contributed by atoms with van der Waals surface area (Å²) in [6.45, 7) is 1.91. The molecule has 1 heterocycles. The van der Waals surface area contributed by atoms with Crippen LogP contribution in [0.4, 0.5) is 0 Å². The van der Waals surface area contributed by atoms with Gasteiger partial charge in [0.2, 0.25) is 5.91 Å². The molecule has 0 spiro atoms. The van der Waals surface area contributed by atoms with Crippen LogP contribution in [0, 0.1) is 5.92 Å². The summed E-state index contributed by atoms with van der Waals surface area (Å²) >= 11 is 0. The third kappa shape index (κ3) is 2.63. The van der Waals surface area contributed by atoms with Crippen molar-refractivity contribution in [1.29, 1.82) is 0 Å². The van der Waals surface area contributed by atoms with E-state index in [0.717, 1.165) is 25.1 Å². The molecule has 3 atom stereocenters. The van der Waals surface area contributed by atoms with Crippen LogP contribution in [-0.4, -0.2) is 26.7 Å². The minimum Gasteiger partial charge on any atom is -0.346 e. The molecule has 17 heavy (non-hydrogen) atoms. The van der Waals surface area contributed by atoms with Gasteiger partial charge in [-0.1, -0.05) is 0 Å². The predicted molar refractivity (Wildman–Crippen MR) is 62.9 cm³/mol. The number of hydrogen-bond donors (Lipinski definition) is 2. The van der Waals surface area contributed by atoms with Gasteiger partial charge in [-0.25, -0.2) is 0 Å². The molecular weight excluding hydrogens is 218 g/mol. The lowest BCUT2D eigenvalue weighted by molar-refractivity contribution is -0.125. The van der Waals surface area contributed by atoms with Crippen molar-refractivity contribution >= 4 is 5.91 Å². The van der Waals surface area contributed by atoms with Crippen LogP contribution in [0.5, 0.6) is 0 Å². The molecule has 0 aromatic carbocycles. The number of aromatic nitrogens is 3. The van der Waals surface area contributed by atoms with Gasteiger partial charge in [-0.05, 0) is 26.2 Å². The molecular formula is C11H19N5O. The number of carbonyl (C=O) groups excluding carboxylic acids is 1. The SMILES string of the molecule is CC(NC(=O)C1CCC(N)C1)c1nncn1C. The molecule has 6 nitrogen and oxygen atoms in total. The van der Waals surface area contributed by atoms with Gasteiger partial charge in [-0.3, -0.25) is 4.79 Å². The van der Waals surface area contributed by atoms with Gasteiger partial charge in [0.1, 0.15) is 6.33 Å². The first-order valence-electron chi connectivity index (χ1n) is 5.97. The fraction of sp³-hybridized carbons (Fsp3) is 0.727. The Balaban J connectivity index is 1.93. The maximum atomic E-state index is 12.0. The molecule has 2 rings (SSSR count). The number of hydrogen-bond acceptors (Lipinski definition) is 4. The highest BCUT2D eigenvalue weighted by molar-refractivity contribution is 5.79. The molecule has 1 aromatic rings. The molecule has 1 aliphatic rings. The lowest BCUT2D eigenvalue weighted by Crippen LogP contribution is -2.33. The standard InChI is InChI=1S/C11H19N5O/c1-7(10-15-13-6-16(10)2)14-11(17)8-3-4-9(12)5-8/h6-9H,3-5,12H2,1-2H3,(H,14,17). The molecule has 0 radical (unpaired) electrons. The minimum absolute atomic E-state index is 0.0562. The van der Waals surface area contributed by atoms with E-state index in [9.17, 15) is 4.79 Å². The fourth-order valence-corrected chi connectivity index (χ4v) is 2.33. The Labute approximate surface area is 101 Å². The summed E-state index contributed by atoms with van der Waals surface area (Å²) in [4.78, 5) is 12.0. The van der Waals surface area contributed by atoms with Crippen molar-refractivity contribution in [3.8, 4) is 0 Å². The van der Waals surface area contributed by atoms with E-state index in [2.05, 4.69) is 15.5 Å². The van der Waals surface area contributed by atoms with Crippen LogP contribution in [0.15, 0.2) is 6.33 Å². The first kappa shape index (κ1) is 12.0. The van der Waals surface area contributed by atoms with E-state index >= 15 is 0 Å². The average Bonchev–Trinajstić information content (AvgIpc) is 2.86. The monoisotopic (exact) mass is 237 g/mol. The highest BCUT2D eigenvalue weighted by Crippen LogP contribution is 2.24. The Morgan fingerprint density at radius 2 is 2.41 bits per heavy atom. The second-order valence-corrected chi connectivity index (χ2v) is 4.80. The third-order valence-electron chi connectivity index (χ3n) is 3.34. The maximum Gasteiger partial charge on any atom is 0.223 e. The van der Waals surface area contributed by atoms with Crippen molar-refractivity contribution in [2.45, 2.75) is 38.3 Å². The van der Waals surface area contributed by atoms with E-state index in [1.54, 1.807) is 6.33 Å². The zero-order chi connectivity index (χ0) is 12.4. The van der Waals surface area contributed by atoms with E-state index in [1.165, 1.54) is 0 Å². The summed E-state index contributed by atoms with van der Waals surface area (Å²) < 4.78 is 1.81. The second kappa shape index (κ2) is 4.83. The molecule has 3 N–H and O–H groups in total. The van der Waals surface area contributed by atoms with Crippen LogP contribution >= 0.6 is 0 Å². The Bertz CT molecular complexity index is 402. The molecule has 1 saturated carbocycles. The zero-order valence-corrected chi connectivity index (χ0v) is 10.3. The van der Waals surface area contributed by atoms with Crippen LogP contribution in [0.3, 0.4) is 0 Å². The number of nitrogens with two attached hydrogens (primary N) is 1. The average molecular weight is 237 g/mol. The summed E-state index contributed by atoms with van der Waals surface area (Å²) in [6.07, 6.45) is 4.25. The molecule has 3 unspecified atom stereocenters. The van der Waals surface area contributed by atoms with Gasteiger partial charge in [-0.2, -0.15) is 0 Å². The molecule has 1 fully saturated rings. The van der Waals surface area contributed by atoms with E-state index in [0.29, 0.717) is 0 Å². The maximum absolute atomic E-state index is 12.0. The normalized spacial score (nSPS) is 25.8. The molecule has 0 saturated heterocycles. The molecule has 1 aromatic heterocycles. The number of nitrogens with one attached hydrogen (secondary N) is 1. The van der Waals surface area contributed by atoms with E-state index in [4.69, 9.17) is 5.73 Å². The van der Waals surface area contributed by atoms with Crippen molar-refractivity contribution < 1.29 is 4.79 Å². The summed E-state index contributed by atoms with van der Waals surface area (Å²) in [5.41, 5.74) is 5.81. The van der Waals surface area contributed by atoms with Crippen LogP contribution < -0.4 is 11.1 Å². The van der Waals surface area contributed by atoms with Gasteiger partial charge >= 0.3 is 0 Å². The van der Waals surface area contributed by atoms with Crippen molar-refractivity contribution in [2.24, 2.45) is 18.7 Å². The van der Waals surface area contributed by atoms with Crippen LogP contribution in [0.2, 0.25) is 0 Å². The van der Waals surface area contributed by atoms with Crippen LogP contribution in [-0.2, 0) is 11.8 Å². The smallest absolute Gasteiger partial charge is 0.223 e. The van der Waals surface area contributed by atoms with Gasteiger partial charge in [0.15, 0.2) is 5.82 Å². The van der Waals surface area contributed by atoms with Crippen molar-refractivity contribution in [3.05, 3.63) is 12.2 Å². The Morgan fingerprint density at radius 1 is 1.65 bits per heavy atom. The summed E-state index contributed by atoms with van der Waals surface area (Å²) in [6, 6.07) is 0.0581. The van der Waals surface area contributed by atoms with Gasteiger partial charge in [0.05, 0.1) is 6.04 Å². The van der Waals surface area contributed by atoms with Gasteiger partial charge in [-0.15, -0.1) is 10.2 Å². The molecule has 0 bridgehead atoms. The molecule has 1 aliphatic carbocycles. The highest BCUT2D eigenvalue weighted by Gasteiger charge is 2.29. The molecule has 1 amide bonds. The minimum atomic E-state index is -0.119. The number of aryl methyl sites for hydroxylation is 1. The van der Waals surface area contributed by atoms with Crippen LogP contribution in [0.25, 0.3) is 0 Å². The third-order valence-corrected chi connectivity index (χ3v) is 3.34. The highest BCUT2D eigenvalue weighted by atomic mass is 16.2. The van der Waals surface area contributed by atoms with Crippen LogP contribution in [0.1, 0.15) is 38.1 Å². The first-order valence-corrected chi connectivity index (χ1v) is 5.97. The summed E-state index contributed by atoms with van der Waals surface area (Å²) in [5, 5.41) is 10.8. The predicted octanol–water partition coefficient (Wildman–Crippen LogP) is 0.120. The Kier molecular flexibility index (Phi) is 3.42. The van der Waals surface area contributed by atoms with Gasteiger partial charge in [0, 0.05) is 19.0 Å². The summed E-state index contributed by atoms with van der Waals surface area (Å²) in [7, 11) is 1.86. The lowest BCUT2D eigenvalue weighted by Gasteiger charge is -2.16. The first-order chi connectivity index (χ1) is 8.08. The number of carbonyl (C=O) groups is 1. The topological polar surface area (TPSA) is 85.8 Å². The number of rotatable bonds is 3. The fourth-order valence-electron chi connectivity index (χ4n) is 2.33. The largest absolute Gasteiger partial charge is 0.346 e. The number of amides is 1. The lowest BCUT2D eigenvalue weighted by atomic mass is 10.1. The Hall–Kier alpha value is -1.43. The second-order valence-electron chi connectivity index (χ2n) is 4.80. The van der Waals surface area contributed by atoms with Gasteiger partial charge < -0.3 is 15.6 Å². The van der Waals surface area contributed by atoms with Crippen molar-refractivity contribution in [2.75, 3.05) is 0 Å². The summed E-state index contributed by atoms with van der Waals surface area (Å²) in [5.74, 6) is 0.898. The van der Waals surface area contributed by atoms with E-state index in [-0.39, 0.29) is 23.9 Å². The van der Waals surface area contributed by atoms with E-state index in [1.807, 2.05) is 18.5 Å².